The molecule has 1 aromatic rings. The fourth-order valence-corrected chi connectivity index (χ4v) is 2.90. The van der Waals surface area contributed by atoms with Gasteiger partial charge in [-0.3, -0.25) is 9.69 Å². The summed E-state index contributed by atoms with van der Waals surface area (Å²) in [5.41, 5.74) is 0.855. The zero-order valence-corrected chi connectivity index (χ0v) is 13.6. The molecule has 116 valence electrons. The molecule has 2 rings (SSSR count). The molecule has 1 aliphatic heterocycles. The Kier molecular flexibility index (Phi) is 5.12. The summed E-state index contributed by atoms with van der Waals surface area (Å²) >= 11 is 6.12. The van der Waals surface area contributed by atoms with Gasteiger partial charge < -0.3 is 10.0 Å². The van der Waals surface area contributed by atoms with Crippen LogP contribution in [0.5, 0.6) is 5.75 Å². The molecule has 1 N–H and O–H groups in total. The molecule has 1 unspecified atom stereocenters. The zero-order chi connectivity index (χ0) is 15.6. The molecule has 1 aliphatic rings. The Morgan fingerprint density at radius 2 is 2.10 bits per heavy atom. The first-order valence-electron chi connectivity index (χ1n) is 7.39. The summed E-state index contributed by atoms with van der Waals surface area (Å²) in [6.07, 6.45) is 0. The lowest BCUT2D eigenvalue weighted by atomic mass is 10.1. The van der Waals surface area contributed by atoms with Gasteiger partial charge in [0.1, 0.15) is 5.75 Å². The second-order valence-electron chi connectivity index (χ2n) is 6.07. The molecule has 1 aromatic carbocycles. The van der Waals surface area contributed by atoms with Crippen LogP contribution in [0.15, 0.2) is 18.2 Å². The molecule has 0 radical (unpaired) electrons. The molecule has 1 heterocycles. The SMILES string of the molecule is CC(C)CN1CCN(Cc2cccc(O)c2Cl)C(C)C1=O. The first-order chi connectivity index (χ1) is 9.90. The minimum absolute atomic E-state index is 0.0894. The molecule has 0 saturated carbocycles. The van der Waals surface area contributed by atoms with Crippen molar-refractivity contribution in [3.63, 3.8) is 0 Å². The van der Waals surface area contributed by atoms with E-state index < -0.39 is 0 Å². The largest absolute Gasteiger partial charge is 0.506 e. The van der Waals surface area contributed by atoms with Crippen molar-refractivity contribution in [2.45, 2.75) is 33.4 Å². The first-order valence-corrected chi connectivity index (χ1v) is 7.77. The van der Waals surface area contributed by atoms with Crippen molar-refractivity contribution in [3.05, 3.63) is 28.8 Å². The predicted molar refractivity (Wildman–Crippen MR) is 84.4 cm³/mol. The Bertz CT molecular complexity index is 519. The van der Waals surface area contributed by atoms with Crippen LogP contribution in [0.1, 0.15) is 26.3 Å². The van der Waals surface area contributed by atoms with Crippen LogP contribution in [0.4, 0.5) is 0 Å². The number of amides is 1. The highest BCUT2D eigenvalue weighted by atomic mass is 35.5. The number of nitrogens with zero attached hydrogens (tertiary/aromatic N) is 2. The third-order valence-electron chi connectivity index (χ3n) is 3.89. The highest BCUT2D eigenvalue weighted by Crippen LogP contribution is 2.28. The summed E-state index contributed by atoms with van der Waals surface area (Å²) < 4.78 is 0. The van der Waals surface area contributed by atoms with Crippen molar-refractivity contribution in [1.82, 2.24) is 9.80 Å². The third kappa shape index (κ3) is 3.69. The van der Waals surface area contributed by atoms with Crippen molar-refractivity contribution < 1.29 is 9.90 Å². The van der Waals surface area contributed by atoms with Gasteiger partial charge in [0.15, 0.2) is 0 Å². The van der Waals surface area contributed by atoms with Gasteiger partial charge in [0.2, 0.25) is 5.91 Å². The van der Waals surface area contributed by atoms with E-state index in [2.05, 4.69) is 18.7 Å². The molecule has 0 aliphatic carbocycles. The van der Waals surface area contributed by atoms with Gasteiger partial charge in [-0.15, -0.1) is 0 Å². The van der Waals surface area contributed by atoms with Gasteiger partial charge in [0.05, 0.1) is 11.1 Å². The molecular formula is C16H23ClN2O2. The number of phenols is 1. The standard InChI is InChI=1S/C16H23ClN2O2/c1-11(2)9-19-8-7-18(12(3)16(19)21)10-13-5-4-6-14(20)15(13)17/h4-6,11-12,20H,7-10H2,1-3H3. The van der Waals surface area contributed by atoms with E-state index in [0.29, 0.717) is 17.5 Å². The molecule has 0 spiro atoms. The van der Waals surface area contributed by atoms with Gasteiger partial charge in [0.25, 0.3) is 0 Å². The minimum Gasteiger partial charge on any atom is -0.506 e. The van der Waals surface area contributed by atoms with Gasteiger partial charge in [-0.2, -0.15) is 0 Å². The second-order valence-corrected chi connectivity index (χ2v) is 6.45. The van der Waals surface area contributed by atoms with E-state index in [0.717, 1.165) is 25.2 Å². The fourth-order valence-electron chi connectivity index (χ4n) is 2.72. The van der Waals surface area contributed by atoms with Crippen LogP contribution in [-0.2, 0) is 11.3 Å². The van der Waals surface area contributed by atoms with E-state index >= 15 is 0 Å². The molecule has 0 aromatic heterocycles. The molecule has 1 fully saturated rings. The Morgan fingerprint density at radius 1 is 1.38 bits per heavy atom. The highest BCUT2D eigenvalue weighted by Gasteiger charge is 2.31. The van der Waals surface area contributed by atoms with E-state index in [4.69, 9.17) is 11.6 Å². The summed E-state index contributed by atoms with van der Waals surface area (Å²) in [5.74, 6) is 0.742. The van der Waals surface area contributed by atoms with Gasteiger partial charge in [-0.1, -0.05) is 37.6 Å². The summed E-state index contributed by atoms with van der Waals surface area (Å²) in [5, 5.41) is 10.0. The Labute approximate surface area is 131 Å². The second kappa shape index (κ2) is 6.67. The van der Waals surface area contributed by atoms with Crippen LogP contribution < -0.4 is 0 Å². The maximum Gasteiger partial charge on any atom is 0.239 e. The van der Waals surface area contributed by atoms with Gasteiger partial charge in [0, 0.05) is 26.2 Å². The third-order valence-corrected chi connectivity index (χ3v) is 4.33. The van der Waals surface area contributed by atoms with Crippen molar-refractivity contribution in [3.8, 4) is 5.75 Å². The normalized spacial score (nSPS) is 20.3. The molecule has 4 nitrogen and oxygen atoms in total. The maximum atomic E-state index is 12.4. The molecule has 1 saturated heterocycles. The Hall–Kier alpha value is -1.26. The lowest BCUT2D eigenvalue weighted by molar-refractivity contribution is -0.141. The first kappa shape index (κ1) is 16.1. The number of hydrogen-bond acceptors (Lipinski definition) is 3. The van der Waals surface area contributed by atoms with Crippen LogP contribution in [0, 0.1) is 5.92 Å². The lowest BCUT2D eigenvalue weighted by Gasteiger charge is -2.40. The van der Waals surface area contributed by atoms with E-state index in [1.165, 1.54) is 0 Å². The van der Waals surface area contributed by atoms with E-state index in [1.807, 2.05) is 17.9 Å². The smallest absolute Gasteiger partial charge is 0.239 e. The van der Waals surface area contributed by atoms with E-state index in [-0.39, 0.29) is 17.7 Å². The number of phenolic OH excluding ortho intramolecular Hbond substituents is 1. The molecular weight excluding hydrogens is 288 g/mol. The maximum absolute atomic E-state index is 12.4. The van der Waals surface area contributed by atoms with Gasteiger partial charge in [-0.25, -0.2) is 0 Å². The van der Waals surface area contributed by atoms with Crippen LogP contribution in [0.25, 0.3) is 0 Å². The molecule has 21 heavy (non-hydrogen) atoms. The molecule has 5 heteroatoms. The number of rotatable bonds is 4. The van der Waals surface area contributed by atoms with E-state index in [1.54, 1.807) is 12.1 Å². The van der Waals surface area contributed by atoms with Crippen molar-refractivity contribution in [2.75, 3.05) is 19.6 Å². The number of benzene rings is 1. The number of hydrogen-bond donors (Lipinski definition) is 1. The van der Waals surface area contributed by atoms with Gasteiger partial charge in [-0.05, 0) is 24.5 Å². The number of piperazine rings is 1. The van der Waals surface area contributed by atoms with Crippen LogP contribution in [0.3, 0.4) is 0 Å². The van der Waals surface area contributed by atoms with Crippen molar-refractivity contribution in [1.29, 1.82) is 0 Å². The monoisotopic (exact) mass is 310 g/mol. The number of halogens is 1. The average molecular weight is 311 g/mol. The summed E-state index contributed by atoms with van der Waals surface area (Å²) in [4.78, 5) is 16.5. The number of aromatic hydroxyl groups is 1. The van der Waals surface area contributed by atoms with Crippen molar-refractivity contribution in [2.24, 2.45) is 5.92 Å². The summed E-state index contributed by atoms with van der Waals surface area (Å²) in [6.45, 7) is 9.14. The average Bonchev–Trinajstić information content (AvgIpc) is 2.43. The van der Waals surface area contributed by atoms with Crippen LogP contribution in [0.2, 0.25) is 5.02 Å². The van der Waals surface area contributed by atoms with E-state index in [9.17, 15) is 9.90 Å². The van der Waals surface area contributed by atoms with Gasteiger partial charge >= 0.3 is 0 Å². The predicted octanol–water partition coefficient (Wildman–Crippen LogP) is 2.73. The topological polar surface area (TPSA) is 43.8 Å². The van der Waals surface area contributed by atoms with Crippen molar-refractivity contribution >= 4 is 17.5 Å². The van der Waals surface area contributed by atoms with Crippen LogP contribution >= 0.6 is 11.6 Å². The lowest BCUT2D eigenvalue weighted by Crippen LogP contribution is -2.56. The quantitative estimate of drug-likeness (QED) is 0.930. The number of carbonyl (C=O) groups excluding carboxylic acids is 1. The molecule has 1 atom stereocenters. The Morgan fingerprint density at radius 3 is 2.76 bits per heavy atom. The van der Waals surface area contributed by atoms with Crippen LogP contribution in [-0.4, -0.2) is 46.5 Å². The summed E-state index contributed by atoms with van der Waals surface area (Å²) in [7, 11) is 0. The molecule has 1 amide bonds. The highest BCUT2D eigenvalue weighted by molar-refractivity contribution is 6.32. The zero-order valence-electron chi connectivity index (χ0n) is 12.8. The molecule has 0 bridgehead atoms. The summed E-state index contributed by atoms with van der Waals surface area (Å²) in [6, 6.07) is 5.08. The number of carbonyl (C=O) groups is 1. The minimum atomic E-state index is -0.157. The fraction of sp³-hybridized carbons (Fsp3) is 0.562. The Balaban J connectivity index is 2.06.